The smallest absolute Gasteiger partial charge is 0.316 e. The Balaban J connectivity index is 5.06. The SMILES string of the molecule is CC(CNCCCNC(=O)C(CC[Si](C)(C)O[Si](C)(C)CCCC(CC(=O)NCCNCC(C)C[Si](C)(O[Si](C)(C)C)O[Si](C)(C)O[Si](C)(C)C)C(=O)O)CC(=O)O)C[Si](C)(O[Si](C)(C)C)O[Si](C)(C)O[Si](C)(C)C. The molecule has 0 spiro atoms. The van der Waals surface area contributed by atoms with Gasteiger partial charge in [-0.1, -0.05) is 20.3 Å². The number of carbonyl (C=O) groups is 4. The molecular weight excluding hydrogens is 1120 g/mol. The first-order valence-electron chi connectivity index (χ1n) is 27.9. The van der Waals surface area contributed by atoms with Crippen LogP contribution in [0, 0.1) is 23.7 Å². The highest BCUT2D eigenvalue weighted by Gasteiger charge is 2.47. The lowest BCUT2D eigenvalue weighted by Gasteiger charge is -2.42. The molecule has 2 amide bonds. The maximum atomic E-state index is 13.4. The predicted octanol–water partition coefficient (Wildman–Crippen LogP) is 10.8. The third kappa shape index (κ3) is 39.7. The number of carboxylic acid groups (broad SMARTS) is 2. The van der Waals surface area contributed by atoms with Crippen LogP contribution in [0.15, 0.2) is 0 Å². The van der Waals surface area contributed by atoms with Crippen molar-refractivity contribution in [2.24, 2.45) is 23.7 Å². The monoisotopic (exact) mass is 1230 g/mol. The highest BCUT2D eigenvalue weighted by atomic mass is 28.5. The van der Waals surface area contributed by atoms with E-state index in [1.54, 1.807) is 0 Å². The standard InChI is InChI=1S/C48H114N4O13Si10/c1-41(39-74(23,61-68(9,10)11)64-72(19,20)59-66(3,4)5)37-49-29-26-30-52-47(56)43(36-46(54)55)28-34-71(17,18)63-70(15,16)33-25-27-44(48(57)58)35-45(53)51-32-31-50-38-42(2)40-75(24,62-69(12,13)14)65-73(21,22)60-67(6,7)8/h41-44,49-50H,25-40H2,1-24H3,(H,51,53)(H,52,56)(H,54,55)(H,57,58). The molecule has 0 aromatic heterocycles. The largest absolute Gasteiger partial charge is 0.481 e. The van der Waals surface area contributed by atoms with E-state index in [2.05, 4.69) is 179 Å². The summed E-state index contributed by atoms with van der Waals surface area (Å²) in [7, 11) is -21.9. The normalized spacial score (nSPS) is 16.9. The molecule has 0 rings (SSSR count). The lowest BCUT2D eigenvalue weighted by molar-refractivity contribution is -0.144. The van der Waals surface area contributed by atoms with Gasteiger partial charge in [0, 0.05) is 32.0 Å². The molecule has 0 saturated carbocycles. The topological polar surface area (TPSA) is 221 Å². The summed E-state index contributed by atoms with van der Waals surface area (Å²) in [4.78, 5) is 50.5. The summed E-state index contributed by atoms with van der Waals surface area (Å²) in [6.45, 7) is 55.7. The van der Waals surface area contributed by atoms with Crippen molar-refractivity contribution >= 4 is 108 Å². The fourth-order valence-corrected chi connectivity index (χ4v) is 56.0. The van der Waals surface area contributed by atoms with Gasteiger partial charge < -0.3 is 60.3 Å². The molecule has 0 aliphatic heterocycles. The number of rotatable bonds is 42. The van der Waals surface area contributed by atoms with E-state index in [9.17, 15) is 29.4 Å². The molecule has 6 atom stereocenters. The molecule has 0 fully saturated rings. The second-order valence-electron chi connectivity index (χ2n) is 27.7. The summed E-state index contributed by atoms with van der Waals surface area (Å²) in [5.74, 6) is -3.41. The van der Waals surface area contributed by atoms with Crippen LogP contribution >= 0.6 is 0 Å². The molecule has 0 aromatic rings. The van der Waals surface area contributed by atoms with E-state index in [0.29, 0.717) is 63.8 Å². The number of aliphatic carboxylic acids is 2. The van der Waals surface area contributed by atoms with Crippen LogP contribution in [0.5, 0.6) is 0 Å². The minimum absolute atomic E-state index is 0.0905. The van der Waals surface area contributed by atoms with Crippen LogP contribution < -0.4 is 21.3 Å². The van der Waals surface area contributed by atoms with Gasteiger partial charge in [-0.3, -0.25) is 19.2 Å². The molecule has 0 aromatic carbocycles. The van der Waals surface area contributed by atoms with E-state index in [1.165, 1.54) is 0 Å². The van der Waals surface area contributed by atoms with Gasteiger partial charge in [0.15, 0.2) is 49.9 Å². The first kappa shape index (κ1) is 74.7. The van der Waals surface area contributed by atoms with E-state index in [1.807, 2.05) is 0 Å². The number of amides is 2. The fraction of sp³-hybridized carbons (Fsp3) is 0.917. The molecule has 6 N–H and O–H groups in total. The zero-order valence-electron chi connectivity index (χ0n) is 52.0. The zero-order valence-corrected chi connectivity index (χ0v) is 62.0. The Bertz CT molecular complexity index is 1750. The van der Waals surface area contributed by atoms with Crippen molar-refractivity contribution in [2.75, 3.05) is 39.3 Å². The van der Waals surface area contributed by atoms with Gasteiger partial charge >= 0.3 is 46.2 Å². The van der Waals surface area contributed by atoms with Crippen molar-refractivity contribution in [3.63, 3.8) is 0 Å². The molecule has 0 heterocycles. The van der Waals surface area contributed by atoms with Gasteiger partial charge in [0.1, 0.15) is 0 Å². The fourth-order valence-electron chi connectivity index (χ4n) is 10.3. The summed E-state index contributed by atoms with van der Waals surface area (Å²) in [5.41, 5.74) is 0. The lowest BCUT2D eigenvalue weighted by Crippen LogP contribution is -2.57. The third-order valence-electron chi connectivity index (χ3n) is 11.5. The molecular formula is C48H114N4O13Si10. The van der Waals surface area contributed by atoms with Crippen molar-refractivity contribution in [1.29, 1.82) is 0 Å². The summed E-state index contributed by atoms with van der Waals surface area (Å²) < 4.78 is 47.2. The second-order valence-corrected chi connectivity index (χ2v) is 69.3. The Morgan fingerprint density at radius 2 is 0.867 bits per heavy atom. The molecule has 444 valence electrons. The van der Waals surface area contributed by atoms with Gasteiger partial charge in [0.25, 0.3) is 0 Å². The Labute approximate surface area is 468 Å². The second kappa shape index (κ2) is 31.8. The molecule has 0 bridgehead atoms. The minimum atomic E-state index is -2.56. The first-order valence-corrected chi connectivity index (χ1v) is 58.4. The molecule has 6 unspecified atom stereocenters. The van der Waals surface area contributed by atoms with Crippen LogP contribution in [0.1, 0.15) is 52.4 Å². The van der Waals surface area contributed by atoms with Crippen molar-refractivity contribution in [2.45, 2.75) is 221 Å². The number of hydrogen-bond donors (Lipinski definition) is 6. The van der Waals surface area contributed by atoms with Gasteiger partial charge in [-0.05, 0) is 219 Å². The Hall–Kier alpha value is -0.311. The van der Waals surface area contributed by atoms with Crippen LogP contribution in [0.3, 0.4) is 0 Å². The van der Waals surface area contributed by atoms with Gasteiger partial charge in [-0.15, -0.1) is 0 Å². The molecule has 17 nitrogen and oxygen atoms in total. The third-order valence-corrected chi connectivity index (χ3v) is 46.4. The molecule has 27 heteroatoms. The van der Waals surface area contributed by atoms with Crippen molar-refractivity contribution < 1.29 is 58.2 Å². The average Bonchev–Trinajstić information content (AvgIpc) is 3.11. The van der Waals surface area contributed by atoms with E-state index in [4.69, 9.17) is 28.8 Å². The van der Waals surface area contributed by atoms with Gasteiger partial charge in [-0.2, -0.15) is 0 Å². The lowest BCUT2D eigenvalue weighted by atomic mass is 10.00. The van der Waals surface area contributed by atoms with E-state index in [-0.39, 0.29) is 30.6 Å². The number of nitrogens with one attached hydrogen (secondary N) is 4. The molecule has 0 saturated heterocycles. The van der Waals surface area contributed by atoms with Crippen LogP contribution in [0.25, 0.3) is 0 Å². The molecule has 0 aliphatic carbocycles. The van der Waals surface area contributed by atoms with E-state index < -0.39 is 108 Å². The Kier molecular flexibility index (Phi) is 31.6. The Morgan fingerprint density at radius 3 is 1.28 bits per heavy atom. The van der Waals surface area contributed by atoms with E-state index in [0.717, 1.165) is 31.2 Å². The summed E-state index contributed by atoms with van der Waals surface area (Å²) >= 11 is 0. The number of carboxylic acids is 2. The van der Waals surface area contributed by atoms with Gasteiger partial charge in [-0.25, -0.2) is 0 Å². The molecule has 75 heavy (non-hydrogen) atoms. The summed E-state index contributed by atoms with van der Waals surface area (Å²) in [6.07, 6.45) is 1.75. The Morgan fingerprint density at radius 1 is 0.440 bits per heavy atom. The zero-order chi connectivity index (χ0) is 58.7. The number of carbonyl (C=O) groups excluding carboxylic acids is 2. The van der Waals surface area contributed by atoms with Gasteiger partial charge in [0.05, 0.1) is 12.3 Å². The average molecular weight is 1240 g/mol. The van der Waals surface area contributed by atoms with Crippen LogP contribution in [0.2, 0.25) is 168 Å². The summed E-state index contributed by atoms with van der Waals surface area (Å²) in [5, 5.41) is 32.7. The van der Waals surface area contributed by atoms with Crippen LogP contribution in [-0.4, -0.2) is 157 Å². The van der Waals surface area contributed by atoms with Crippen molar-refractivity contribution in [1.82, 2.24) is 21.3 Å². The molecule has 0 radical (unpaired) electrons. The summed E-state index contributed by atoms with van der Waals surface area (Å²) in [6, 6.07) is 3.01. The quantitative estimate of drug-likeness (QED) is 0.0247. The van der Waals surface area contributed by atoms with E-state index >= 15 is 0 Å². The van der Waals surface area contributed by atoms with Crippen LogP contribution in [0.4, 0.5) is 0 Å². The maximum absolute atomic E-state index is 13.4. The van der Waals surface area contributed by atoms with Crippen molar-refractivity contribution in [3.8, 4) is 0 Å². The maximum Gasteiger partial charge on any atom is 0.316 e. The highest BCUT2D eigenvalue weighted by Crippen LogP contribution is 2.32. The molecule has 0 aliphatic rings. The number of hydrogen-bond acceptors (Lipinski definition) is 13. The van der Waals surface area contributed by atoms with Crippen LogP contribution in [-0.2, 0) is 48.0 Å². The van der Waals surface area contributed by atoms with Gasteiger partial charge in [0.2, 0.25) is 11.8 Å². The first-order chi connectivity index (χ1) is 33.5. The highest BCUT2D eigenvalue weighted by molar-refractivity contribution is 6.90. The van der Waals surface area contributed by atoms with Crippen molar-refractivity contribution in [3.05, 3.63) is 0 Å². The minimum Gasteiger partial charge on any atom is -0.481 e. The predicted molar refractivity (Wildman–Crippen MR) is 333 cm³/mol.